The molecule has 1 aliphatic heterocycles. The molecule has 3 rings (SSSR count). The van der Waals surface area contributed by atoms with Crippen molar-refractivity contribution >= 4 is 22.9 Å². The van der Waals surface area contributed by atoms with Crippen molar-refractivity contribution in [2.75, 3.05) is 26.3 Å². The number of rotatable bonds is 5. The number of benzene rings is 2. The number of thiocarbonyl (C=S) groups is 1. The third kappa shape index (κ3) is 4.52. The van der Waals surface area contributed by atoms with E-state index < -0.39 is 4.92 Å². The third-order valence-electron chi connectivity index (χ3n) is 3.93. The molecule has 0 unspecified atom stereocenters. The van der Waals surface area contributed by atoms with E-state index in [2.05, 4.69) is 4.90 Å². The average Bonchev–Trinajstić information content (AvgIpc) is 2.67. The second kappa shape index (κ2) is 8.04. The Morgan fingerprint density at radius 1 is 1.20 bits per heavy atom. The molecule has 7 heteroatoms. The van der Waals surface area contributed by atoms with Crippen LogP contribution >= 0.6 is 12.2 Å². The molecule has 0 N–H and O–H groups in total. The van der Waals surface area contributed by atoms with Gasteiger partial charge in [-0.25, -0.2) is 0 Å². The Morgan fingerprint density at radius 2 is 1.92 bits per heavy atom. The molecule has 6 nitrogen and oxygen atoms in total. The lowest BCUT2D eigenvalue weighted by molar-refractivity contribution is -0.384. The van der Waals surface area contributed by atoms with Gasteiger partial charge in [0.2, 0.25) is 0 Å². The Hall–Kier alpha value is -2.51. The minimum absolute atomic E-state index is 0.0623. The van der Waals surface area contributed by atoms with Crippen LogP contribution in [0.3, 0.4) is 0 Å². The first kappa shape index (κ1) is 17.3. The molecule has 0 spiro atoms. The molecule has 0 aliphatic carbocycles. The SMILES string of the molecule is O=[N+]([O-])c1cccc(COc2ccc(C(=S)N3CCOCC3)cc2)c1. The van der Waals surface area contributed by atoms with Crippen LogP contribution in [0.5, 0.6) is 5.75 Å². The minimum atomic E-state index is -0.412. The van der Waals surface area contributed by atoms with E-state index in [1.807, 2.05) is 24.3 Å². The average molecular weight is 358 g/mol. The van der Waals surface area contributed by atoms with Crippen molar-refractivity contribution in [3.63, 3.8) is 0 Å². The van der Waals surface area contributed by atoms with Crippen molar-refractivity contribution in [2.45, 2.75) is 6.61 Å². The summed E-state index contributed by atoms with van der Waals surface area (Å²) in [7, 11) is 0. The molecule has 0 aromatic heterocycles. The second-order valence-corrected chi connectivity index (χ2v) is 6.03. The molecule has 0 radical (unpaired) electrons. The predicted molar refractivity (Wildman–Crippen MR) is 98.0 cm³/mol. The van der Waals surface area contributed by atoms with Crippen LogP contribution in [0.1, 0.15) is 11.1 Å². The van der Waals surface area contributed by atoms with Gasteiger partial charge < -0.3 is 14.4 Å². The van der Waals surface area contributed by atoms with E-state index in [1.165, 1.54) is 12.1 Å². The topological polar surface area (TPSA) is 64.8 Å². The molecule has 1 aliphatic rings. The van der Waals surface area contributed by atoms with Crippen LogP contribution in [-0.2, 0) is 11.3 Å². The third-order valence-corrected chi connectivity index (χ3v) is 4.42. The van der Waals surface area contributed by atoms with E-state index in [4.69, 9.17) is 21.7 Å². The summed E-state index contributed by atoms with van der Waals surface area (Å²) in [4.78, 5) is 13.3. The van der Waals surface area contributed by atoms with Gasteiger partial charge in [-0.05, 0) is 29.8 Å². The molecular weight excluding hydrogens is 340 g/mol. The van der Waals surface area contributed by atoms with Gasteiger partial charge in [0.25, 0.3) is 5.69 Å². The van der Waals surface area contributed by atoms with Gasteiger partial charge in [0, 0.05) is 30.8 Å². The largest absolute Gasteiger partial charge is 0.489 e. The standard InChI is InChI=1S/C18H18N2O4S/c21-20(22)16-3-1-2-14(12-16)13-24-17-6-4-15(5-7-17)18(25)19-8-10-23-11-9-19/h1-7,12H,8-11,13H2. The lowest BCUT2D eigenvalue weighted by atomic mass is 10.2. The van der Waals surface area contributed by atoms with Crippen molar-refractivity contribution in [3.05, 3.63) is 69.8 Å². The van der Waals surface area contributed by atoms with Crippen LogP contribution < -0.4 is 4.74 Å². The molecule has 0 atom stereocenters. The number of ether oxygens (including phenoxy) is 2. The maximum Gasteiger partial charge on any atom is 0.269 e. The lowest BCUT2D eigenvalue weighted by Gasteiger charge is -2.29. The highest BCUT2D eigenvalue weighted by Crippen LogP contribution is 2.18. The maximum atomic E-state index is 10.8. The van der Waals surface area contributed by atoms with Crippen molar-refractivity contribution < 1.29 is 14.4 Å². The summed E-state index contributed by atoms with van der Waals surface area (Å²) >= 11 is 5.53. The van der Waals surface area contributed by atoms with Gasteiger partial charge >= 0.3 is 0 Å². The van der Waals surface area contributed by atoms with Gasteiger partial charge in [-0.2, -0.15) is 0 Å². The maximum absolute atomic E-state index is 10.8. The zero-order chi connectivity index (χ0) is 17.6. The summed E-state index contributed by atoms with van der Waals surface area (Å²) < 4.78 is 11.0. The molecule has 1 saturated heterocycles. The Kier molecular flexibility index (Phi) is 5.57. The fourth-order valence-corrected chi connectivity index (χ4v) is 2.89. The quantitative estimate of drug-likeness (QED) is 0.465. The van der Waals surface area contributed by atoms with Crippen LogP contribution in [0.15, 0.2) is 48.5 Å². The smallest absolute Gasteiger partial charge is 0.269 e. The van der Waals surface area contributed by atoms with Crippen molar-refractivity contribution in [1.82, 2.24) is 4.90 Å². The van der Waals surface area contributed by atoms with E-state index in [-0.39, 0.29) is 12.3 Å². The number of nitro groups is 1. The summed E-state index contributed by atoms with van der Waals surface area (Å²) in [6.07, 6.45) is 0. The molecular formula is C18H18N2O4S. The second-order valence-electron chi connectivity index (χ2n) is 5.64. The highest BCUT2D eigenvalue weighted by Gasteiger charge is 2.15. The predicted octanol–water partition coefficient (Wildman–Crippen LogP) is 3.18. The Bertz CT molecular complexity index is 758. The monoisotopic (exact) mass is 358 g/mol. The molecule has 130 valence electrons. The van der Waals surface area contributed by atoms with E-state index in [1.54, 1.807) is 12.1 Å². The van der Waals surface area contributed by atoms with Gasteiger partial charge in [0.05, 0.1) is 18.1 Å². The number of hydrogen-bond donors (Lipinski definition) is 0. The molecule has 1 heterocycles. The van der Waals surface area contributed by atoms with Gasteiger partial charge in [-0.3, -0.25) is 10.1 Å². The van der Waals surface area contributed by atoms with Crippen molar-refractivity contribution in [3.8, 4) is 5.75 Å². The van der Waals surface area contributed by atoms with E-state index in [9.17, 15) is 10.1 Å². The van der Waals surface area contributed by atoms with Crippen molar-refractivity contribution in [2.24, 2.45) is 0 Å². The Labute approximate surface area is 151 Å². The van der Waals surface area contributed by atoms with E-state index in [0.29, 0.717) is 19.0 Å². The number of hydrogen-bond acceptors (Lipinski definition) is 5. The van der Waals surface area contributed by atoms with Gasteiger partial charge in [-0.15, -0.1) is 0 Å². The summed E-state index contributed by atoms with van der Waals surface area (Å²) in [6.45, 7) is 3.29. The first-order valence-electron chi connectivity index (χ1n) is 7.97. The summed E-state index contributed by atoms with van der Waals surface area (Å²) in [5.41, 5.74) is 1.79. The van der Waals surface area contributed by atoms with Crippen LogP contribution in [0.2, 0.25) is 0 Å². The number of nitro benzene ring substituents is 1. The molecule has 0 amide bonds. The van der Waals surface area contributed by atoms with Crippen LogP contribution in [-0.4, -0.2) is 41.1 Å². The molecule has 2 aromatic rings. The Morgan fingerprint density at radius 3 is 2.60 bits per heavy atom. The molecule has 0 bridgehead atoms. The summed E-state index contributed by atoms with van der Waals surface area (Å²) in [6, 6.07) is 14.0. The van der Waals surface area contributed by atoms with E-state index >= 15 is 0 Å². The molecule has 2 aromatic carbocycles. The zero-order valence-electron chi connectivity index (χ0n) is 13.6. The fourth-order valence-electron chi connectivity index (χ4n) is 2.57. The molecule has 25 heavy (non-hydrogen) atoms. The van der Waals surface area contributed by atoms with Crippen LogP contribution in [0.25, 0.3) is 0 Å². The highest BCUT2D eigenvalue weighted by molar-refractivity contribution is 7.80. The van der Waals surface area contributed by atoms with Crippen LogP contribution in [0, 0.1) is 10.1 Å². The normalized spacial score (nSPS) is 14.2. The van der Waals surface area contributed by atoms with Gasteiger partial charge in [0.1, 0.15) is 17.3 Å². The number of nitrogens with zero attached hydrogens (tertiary/aromatic N) is 2. The van der Waals surface area contributed by atoms with Crippen LogP contribution in [0.4, 0.5) is 5.69 Å². The van der Waals surface area contributed by atoms with Gasteiger partial charge in [-0.1, -0.05) is 24.4 Å². The Balaban J connectivity index is 1.60. The fraction of sp³-hybridized carbons (Fsp3) is 0.278. The molecule has 0 saturated carbocycles. The first-order valence-corrected chi connectivity index (χ1v) is 8.37. The highest BCUT2D eigenvalue weighted by atomic mass is 32.1. The molecule has 1 fully saturated rings. The van der Waals surface area contributed by atoms with E-state index in [0.717, 1.165) is 29.2 Å². The number of non-ortho nitro benzene ring substituents is 1. The zero-order valence-corrected chi connectivity index (χ0v) is 14.4. The first-order chi connectivity index (χ1) is 12.1. The minimum Gasteiger partial charge on any atom is -0.489 e. The summed E-state index contributed by atoms with van der Waals surface area (Å²) in [5.74, 6) is 0.694. The number of morpholine rings is 1. The lowest BCUT2D eigenvalue weighted by Crippen LogP contribution is -2.40. The van der Waals surface area contributed by atoms with Gasteiger partial charge in [0.15, 0.2) is 0 Å². The summed E-state index contributed by atoms with van der Waals surface area (Å²) in [5, 5.41) is 10.8. The van der Waals surface area contributed by atoms with Crippen molar-refractivity contribution in [1.29, 1.82) is 0 Å².